The molecule has 0 amide bonds. The van der Waals surface area contributed by atoms with Crippen LogP contribution in [0.4, 0.5) is 11.5 Å². The molecule has 2 N–H and O–H groups in total. The SMILES string of the molecule is Nc1cc(-c2ccncc2)cnc1N1CCOCC1. The molecule has 0 aromatic carbocycles. The minimum Gasteiger partial charge on any atom is -0.396 e. The molecule has 1 aliphatic heterocycles. The van der Waals surface area contributed by atoms with Gasteiger partial charge in [0, 0.05) is 37.2 Å². The second kappa shape index (κ2) is 5.24. The van der Waals surface area contributed by atoms with Crippen molar-refractivity contribution in [3.8, 4) is 11.1 Å². The summed E-state index contributed by atoms with van der Waals surface area (Å²) in [5.74, 6) is 0.848. The number of rotatable bonds is 2. The van der Waals surface area contributed by atoms with Gasteiger partial charge in [-0.25, -0.2) is 4.98 Å². The van der Waals surface area contributed by atoms with Crippen molar-refractivity contribution in [1.82, 2.24) is 9.97 Å². The van der Waals surface area contributed by atoms with Crippen LogP contribution >= 0.6 is 0 Å². The van der Waals surface area contributed by atoms with E-state index in [2.05, 4.69) is 14.9 Å². The number of hydrogen-bond acceptors (Lipinski definition) is 5. The van der Waals surface area contributed by atoms with E-state index in [9.17, 15) is 0 Å². The first-order chi connectivity index (χ1) is 9.34. The van der Waals surface area contributed by atoms with E-state index in [0.29, 0.717) is 5.69 Å². The average molecular weight is 256 g/mol. The lowest BCUT2D eigenvalue weighted by Gasteiger charge is -2.28. The number of nitrogen functional groups attached to an aromatic ring is 1. The van der Waals surface area contributed by atoms with Gasteiger partial charge in [-0.05, 0) is 23.8 Å². The van der Waals surface area contributed by atoms with Gasteiger partial charge in [0.1, 0.15) is 0 Å². The topological polar surface area (TPSA) is 64.3 Å². The quantitative estimate of drug-likeness (QED) is 0.883. The third-order valence-electron chi connectivity index (χ3n) is 3.22. The molecule has 0 unspecified atom stereocenters. The second-order valence-corrected chi connectivity index (χ2v) is 4.47. The number of nitrogens with zero attached hydrogens (tertiary/aromatic N) is 3. The normalized spacial score (nSPS) is 15.5. The van der Waals surface area contributed by atoms with Crippen molar-refractivity contribution >= 4 is 11.5 Å². The molecule has 2 aromatic heterocycles. The van der Waals surface area contributed by atoms with Crippen molar-refractivity contribution in [2.75, 3.05) is 36.9 Å². The number of ether oxygens (including phenoxy) is 1. The summed E-state index contributed by atoms with van der Waals surface area (Å²) in [5.41, 5.74) is 8.92. The van der Waals surface area contributed by atoms with E-state index in [1.807, 2.05) is 24.4 Å². The predicted octanol–water partition coefficient (Wildman–Crippen LogP) is 1.56. The summed E-state index contributed by atoms with van der Waals surface area (Å²) in [6.45, 7) is 3.14. The van der Waals surface area contributed by atoms with Crippen LogP contribution < -0.4 is 10.6 Å². The van der Waals surface area contributed by atoms with Crippen LogP contribution in [-0.4, -0.2) is 36.3 Å². The Kier molecular flexibility index (Phi) is 3.29. The van der Waals surface area contributed by atoms with Crippen LogP contribution in [0, 0.1) is 0 Å². The summed E-state index contributed by atoms with van der Waals surface area (Å²) in [6, 6.07) is 5.86. The Bertz CT molecular complexity index is 553. The number of anilines is 2. The summed E-state index contributed by atoms with van der Waals surface area (Å²) in [5, 5.41) is 0. The molecule has 1 aliphatic rings. The molecule has 0 spiro atoms. The fourth-order valence-corrected chi connectivity index (χ4v) is 2.22. The summed E-state index contributed by atoms with van der Waals surface area (Å²) < 4.78 is 5.34. The molecular weight excluding hydrogens is 240 g/mol. The van der Waals surface area contributed by atoms with Crippen molar-refractivity contribution < 1.29 is 4.74 Å². The zero-order valence-electron chi connectivity index (χ0n) is 10.6. The van der Waals surface area contributed by atoms with Gasteiger partial charge in [-0.3, -0.25) is 4.98 Å². The Morgan fingerprint density at radius 3 is 2.53 bits per heavy atom. The van der Waals surface area contributed by atoms with Gasteiger partial charge in [0.15, 0.2) is 5.82 Å². The second-order valence-electron chi connectivity index (χ2n) is 4.47. The van der Waals surface area contributed by atoms with E-state index in [4.69, 9.17) is 10.5 Å². The third kappa shape index (κ3) is 2.51. The lowest BCUT2D eigenvalue weighted by molar-refractivity contribution is 0.122. The van der Waals surface area contributed by atoms with E-state index >= 15 is 0 Å². The van der Waals surface area contributed by atoms with Gasteiger partial charge in [-0.2, -0.15) is 0 Å². The summed E-state index contributed by atoms with van der Waals surface area (Å²) in [7, 11) is 0. The van der Waals surface area contributed by atoms with Crippen LogP contribution in [-0.2, 0) is 4.74 Å². The summed E-state index contributed by atoms with van der Waals surface area (Å²) >= 11 is 0. The number of hydrogen-bond donors (Lipinski definition) is 1. The molecule has 0 atom stereocenters. The Balaban J connectivity index is 1.89. The highest BCUT2D eigenvalue weighted by atomic mass is 16.5. The molecule has 5 nitrogen and oxygen atoms in total. The maximum Gasteiger partial charge on any atom is 0.151 e. The van der Waals surface area contributed by atoms with Gasteiger partial charge in [-0.15, -0.1) is 0 Å². The molecular formula is C14H16N4O. The van der Waals surface area contributed by atoms with Crippen molar-refractivity contribution in [3.63, 3.8) is 0 Å². The Morgan fingerprint density at radius 2 is 1.84 bits per heavy atom. The first-order valence-corrected chi connectivity index (χ1v) is 6.33. The molecule has 3 rings (SSSR count). The van der Waals surface area contributed by atoms with E-state index in [1.165, 1.54) is 0 Å². The summed E-state index contributed by atoms with van der Waals surface area (Å²) in [4.78, 5) is 10.7. The summed E-state index contributed by atoms with van der Waals surface area (Å²) in [6.07, 6.45) is 5.39. The van der Waals surface area contributed by atoms with Crippen LogP contribution in [0.3, 0.4) is 0 Å². The monoisotopic (exact) mass is 256 g/mol. The molecule has 0 bridgehead atoms. The van der Waals surface area contributed by atoms with Crippen LogP contribution in [0.2, 0.25) is 0 Å². The van der Waals surface area contributed by atoms with Gasteiger partial charge in [0.25, 0.3) is 0 Å². The fourth-order valence-electron chi connectivity index (χ4n) is 2.22. The first-order valence-electron chi connectivity index (χ1n) is 6.33. The van der Waals surface area contributed by atoms with Crippen LogP contribution in [0.5, 0.6) is 0 Å². The Morgan fingerprint density at radius 1 is 1.11 bits per heavy atom. The lowest BCUT2D eigenvalue weighted by atomic mass is 10.1. The maximum absolute atomic E-state index is 6.13. The van der Waals surface area contributed by atoms with Crippen LogP contribution in [0.25, 0.3) is 11.1 Å². The van der Waals surface area contributed by atoms with E-state index in [1.54, 1.807) is 12.4 Å². The number of aromatic nitrogens is 2. The van der Waals surface area contributed by atoms with Gasteiger partial charge >= 0.3 is 0 Å². The average Bonchev–Trinajstić information content (AvgIpc) is 2.49. The van der Waals surface area contributed by atoms with Crippen LogP contribution in [0.15, 0.2) is 36.8 Å². The highest BCUT2D eigenvalue weighted by molar-refractivity contribution is 5.72. The molecule has 19 heavy (non-hydrogen) atoms. The maximum atomic E-state index is 6.13. The van der Waals surface area contributed by atoms with Crippen LogP contribution in [0.1, 0.15) is 0 Å². The minimum absolute atomic E-state index is 0.705. The zero-order valence-corrected chi connectivity index (χ0v) is 10.6. The number of nitrogens with two attached hydrogens (primary N) is 1. The molecule has 5 heteroatoms. The predicted molar refractivity (Wildman–Crippen MR) is 74.9 cm³/mol. The molecule has 0 aliphatic carbocycles. The zero-order chi connectivity index (χ0) is 13.1. The lowest BCUT2D eigenvalue weighted by Crippen LogP contribution is -2.37. The van der Waals surface area contributed by atoms with Gasteiger partial charge in [0.05, 0.1) is 18.9 Å². The fraction of sp³-hybridized carbons (Fsp3) is 0.286. The smallest absolute Gasteiger partial charge is 0.151 e. The largest absolute Gasteiger partial charge is 0.396 e. The van der Waals surface area contributed by atoms with E-state index in [-0.39, 0.29) is 0 Å². The van der Waals surface area contributed by atoms with E-state index < -0.39 is 0 Å². The standard InChI is InChI=1S/C14H16N4O/c15-13-9-12(11-1-3-16-4-2-11)10-17-14(13)18-5-7-19-8-6-18/h1-4,9-10H,5-8,15H2. The number of morpholine rings is 1. The third-order valence-corrected chi connectivity index (χ3v) is 3.22. The minimum atomic E-state index is 0.705. The first kappa shape index (κ1) is 11.9. The molecule has 0 radical (unpaired) electrons. The molecule has 0 saturated carbocycles. The van der Waals surface area contributed by atoms with Crippen molar-refractivity contribution in [2.24, 2.45) is 0 Å². The Labute approximate surface area is 112 Å². The van der Waals surface area contributed by atoms with Crippen molar-refractivity contribution in [2.45, 2.75) is 0 Å². The molecule has 2 aromatic rings. The molecule has 98 valence electrons. The number of pyridine rings is 2. The van der Waals surface area contributed by atoms with Gasteiger partial charge in [-0.1, -0.05) is 0 Å². The molecule has 3 heterocycles. The highest BCUT2D eigenvalue weighted by Gasteiger charge is 2.15. The highest BCUT2D eigenvalue weighted by Crippen LogP contribution is 2.26. The Hall–Kier alpha value is -2.14. The molecule has 1 fully saturated rings. The van der Waals surface area contributed by atoms with E-state index in [0.717, 1.165) is 43.2 Å². The van der Waals surface area contributed by atoms with Gasteiger partial charge in [0.2, 0.25) is 0 Å². The van der Waals surface area contributed by atoms with Crippen molar-refractivity contribution in [3.05, 3.63) is 36.8 Å². The van der Waals surface area contributed by atoms with Gasteiger partial charge < -0.3 is 15.4 Å². The van der Waals surface area contributed by atoms with Crippen molar-refractivity contribution in [1.29, 1.82) is 0 Å². The molecule has 1 saturated heterocycles.